The smallest absolute Gasteiger partial charge is 0.256 e. The zero-order valence-electron chi connectivity index (χ0n) is 9.87. The number of carbonyl (C=O) groups is 2. The maximum atomic E-state index is 11.5. The van der Waals surface area contributed by atoms with Crippen molar-refractivity contribution >= 4 is 11.8 Å². The molecule has 0 bridgehead atoms. The first kappa shape index (κ1) is 12.8. The van der Waals surface area contributed by atoms with E-state index < -0.39 is 5.91 Å². The lowest BCUT2D eigenvalue weighted by Gasteiger charge is -2.12. The summed E-state index contributed by atoms with van der Waals surface area (Å²) in [6.45, 7) is 0. The van der Waals surface area contributed by atoms with E-state index in [0.29, 0.717) is 5.56 Å². The minimum Gasteiger partial charge on any atom is -0.496 e. The average molecular weight is 238 g/mol. The first-order valence-electron chi connectivity index (χ1n) is 4.83. The Morgan fingerprint density at radius 2 is 1.65 bits per heavy atom. The third-order valence-electron chi connectivity index (χ3n) is 2.24. The summed E-state index contributed by atoms with van der Waals surface area (Å²) in [5, 5.41) is 2.47. The largest absolute Gasteiger partial charge is 0.496 e. The molecule has 0 saturated carbocycles. The molecule has 92 valence electrons. The molecule has 0 heterocycles. The van der Waals surface area contributed by atoms with Gasteiger partial charge in [0.05, 0.1) is 14.2 Å². The molecule has 0 aromatic heterocycles. The van der Waals surface area contributed by atoms with Gasteiger partial charge in [-0.1, -0.05) is 0 Å². The fourth-order valence-corrected chi connectivity index (χ4v) is 1.43. The second-order valence-electron chi connectivity index (χ2n) is 3.20. The molecule has 0 aliphatic heterocycles. The van der Waals surface area contributed by atoms with Crippen LogP contribution < -0.4 is 20.5 Å². The molecule has 0 spiro atoms. The molecule has 1 rings (SSSR count). The Morgan fingerprint density at radius 3 is 1.94 bits per heavy atom. The molecule has 0 aliphatic carbocycles. The summed E-state index contributed by atoms with van der Waals surface area (Å²) < 4.78 is 10.0. The molecule has 2 amide bonds. The van der Waals surface area contributed by atoms with Crippen molar-refractivity contribution in [2.24, 2.45) is 5.73 Å². The van der Waals surface area contributed by atoms with Crippen LogP contribution in [0.15, 0.2) is 12.1 Å². The number of hydrogen-bond acceptors (Lipinski definition) is 4. The molecular weight excluding hydrogens is 224 g/mol. The van der Waals surface area contributed by atoms with E-state index in [1.54, 1.807) is 0 Å². The highest BCUT2D eigenvalue weighted by molar-refractivity contribution is 6.02. The molecule has 1 aromatic carbocycles. The normalized spacial score (nSPS) is 9.59. The van der Waals surface area contributed by atoms with Crippen LogP contribution in [0.4, 0.5) is 0 Å². The minimum absolute atomic E-state index is 0.114. The van der Waals surface area contributed by atoms with E-state index in [-0.39, 0.29) is 23.0 Å². The molecule has 0 fully saturated rings. The Kier molecular flexibility index (Phi) is 3.92. The number of nitrogens with one attached hydrogen (secondary N) is 1. The van der Waals surface area contributed by atoms with Gasteiger partial charge in [0.25, 0.3) is 11.8 Å². The van der Waals surface area contributed by atoms with Gasteiger partial charge >= 0.3 is 0 Å². The molecule has 0 saturated heterocycles. The van der Waals surface area contributed by atoms with Gasteiger partial charge in [0.15, 0.2) is 0 Å². The highest BCUT2D eigenvalue weighted by Crippen LogP contribution is 2.30. The zero-order chi connectivity index (χ0) is 13.0. The maximum absolute atomic E-state index is 11.5. The number of nitrogens with two attached hydrogens (primary N) is 1. The van der Waals surface area contributed by atoms with E-state index in [9.17, 15) is 9.59 Å². The fraction of sp³-hybridized carbons (Fsp3) is 0.273. The third-order valence-corrected chi connectivity index (χ3v) is 2.24. The van der Waals surface area contributed by atoms with Crippen molar-refractivity contribution in [1.82, 2.24) is 5.32 Å². The van der Waals surface area contributed by atoms with E-state index in [2.05, 4.69) is 5.32 Å². The number of primary amides is 1. The summed E-state index contributed by atoms with van der Waals surface area (Å²) in [5.74, 6) is -0.578. The summed E-state index contributed by atoms with van der Waals surface area (Å²) >= 11 is 0. The second kappa shape index (κ2) is 5.20. The minimum atomic E-state index is -0.679. The molecule has 3 N–H and O–H groups in total. The number of benzene rings is 1. The van der Waals surface area contributed by atoms with Crippen molar-refractivity contribution < 1.29 is 19.1 Å². The van der Waals surface area contributed by atoms with Crippen molar-refractivity contribution in [2.45, 2.75) is 0 Å². The van der Waals surface area contributed by atoms with Crippen molar-refractivity contribution in [1.29, 1.82) is 0 Å². The standard InChI is InChI=1S/C11H14N2O4/c1-13-11(15)6-4-7(16-2)9(10(12)14)8(5-6)17-3/h4-5H,1-3H3,(H2,12,14)(H,13,15). The molecule has 6 nitrogen and oxygen atoms in total. The van der Waals surface area contributed by atoms with E-state index in [1.807, 2.05) is 0 Å². The van der Waals surface area contributed by atoms with Crippen LogP contribution in [0.2, 0.25) is 0 Å². The van der Waals surface area contributed by atoms with Gasteiger partial charge in [-0.15, -0.1) is 0 Å². The van der Waals surface area contributed by atoms with E-state index in [4.69, 9.17) is 15.2 Å². The Bertz CT molecular complexity index is 432. The Labute approximate surface area is 98.7 Å². The number of amides is 2. The molecule has 1 aromatic rings. The van der Waals surface area contributed by atoms with Gasteiger partial charge in [0.2, 0.25) is 0 Å². The predicted octanol–water partition coefficient (Wildman–Crippen LogP) is 0.162. The molecule has 0 unspecified atom stereocenters. The van der Waals surface area contributed by atoms with Crippen molar-refractivity contribution in [2.75, 3.05) is 21.3 Å². The van der Waals surface area contributed by atoms with Crippen LogP contribution in [0.25, 0.3) is 0 Å². The first-order valence-corrected chi connectivity index (χ1v) is 4.83. The van der Waals surface area contributed by atoms with Crippen LogP contribution in [0.5, 0.6) is 11.5 Å². The van der Waals surface area contributed by atoms with Crippen molar-refractivity contribution in [3.63, 3.8) is 0 Å². The zero-order valence-corrected chi connectivity index (χ0v) is 9.87. The maximum Gasteiger partial charge on any atom is 0.256 e. The Balaban J connectivity index is 3.44. The van der Waals surface area contributed by atoms with E-state index >= 15 is 0 Å². The summed E-state index contributed by atoms with van der Waals surface area (Å²) in [7, 11) is 4.27. The first-order chi connectivity index (χ1) is 8.04. The van der Waals surface area contributed by atoms with Gasteiger partial charge in [0, 0.05) is 12.6 Å². The van der Waals surface area contributed by atoms with Crippen LogP contribution in [0, 0.1) is 0 Å². The van der Waals surface area contributed by atoms with Crippen molar-refractivity contribution in [3.8, 4) is 11.5 Å². The van der Waals surface area contributed by atoms with Gasteiger partial charge < -0.3 is 20.5 Å². The predicted molar refractivity (Wildman–Crippen MR) is 61.5 cm³/mol. The third kappa shape index (κ3) is 2.47. The Morgan fingerprint density at radius 1 is 1.18 bits per heavy atom. The lowest BCUT2D eigenvalue weighted by molar-refractivity contribution is 0.0957. The highest BCUT2D eigenvalue weighted by Gasteiger charge is 2.19. The monoisotopic (exact) mass is 238 g/mol. The van der Waals surface area contributed by atoms with Crippen LogP contribution in [0.1, 0.15) is 20.7 Å². The SMILES string of the molecule is CNC(=O)c1cc(OC)c(C(N)=O)c(OC)c1. The van der Waals surface area contributed by atoms with Crippen molar-refractivity contribution in [3.05, 3.63) is 23.3 Å². The summed E-state index contributed by atoms with van der Waals surface area (Å²) in [6, 6.07) is 2.86. The number of rotatable bonds is 4. The van der Waals surface area contributed by atoms with Crippen LogP contribution in [0.3, 0.4) is 0 Å². The number of carbonyl (C=O) groups excluding carboxylic acids is 2. The topological polar surface area (TPSA) is 90.6 Å². The highest BCUT2D eigenvalue weighted by atomic mass is 16.5. The second-order valence-corrected chi connectivity index (χ2v) is 3.20. The van der Waals surface area contributed by atoms with Gasteiger partial charge in [-0.05, 0) is 12.1 Å². The summed E-state index contributed by atoms with van der Waals surface area (Å²) in [6.07, 6.45) is 0. The number of methoxy groups -OCH3 is 2. The van der Waals surface area contributed by atoms with Gasteiger partial charge in [-0.25, -0.2) is 0 Å². The lowest BCUT2D eigenvalue weighted by atomic mass is 10.1. The molecule has 17 heavy (non-hydrogen) atoms. The average Bonchev–Trinajstić information content (AvgIpc) is 2.35. The van der Waals surface area contributed by atoms with Gasteiger partial charge in [0.1, 0.15) is 17.1 Å². The van der Waals surface area contributed by atoms with Gasteiger partial charge in [-0.2, -0.15) is 0 Å². The number of hydrogen-bond donors (Lipinski definition) is 2. The molecule has 0 radical (unpaired) electrons. The molecule has 0 atom stereocenters. The van der Waals surface area contributed by atoms with Crippen LogP contribution in [-0.4, -0.2) is 33.1 Å². The fourth-order valence-electron chi connectivity index (χ4n) is 1.43. The van der Waals surface area contributed by atoms with Crippen LogP contribution in [-0.2, 0) is 0 Å². The quantitative estimate of drug-likeness (QED) is 0.781. The van der Waals surface area contributed by atoms with E-state index in [1.165, 1.54) is 33.4 Å². The van der Waals surface area contributed by atoms with Gasteiger partial charge in [-0.3, -0.25) is 9.59 Å². The number of ether oxygens (including phenoxy) is 2. The molecule has 0 aliphatic rings. The Hall–Kier alpha value is -2.24. The summed E-state index contributed by atoms with van der Waals surface area (Å²) in [4.78, 5) is 22.8. The molecule has 6 heteroatoms. The summed E-state index contributed by atoms with van der Waals surface area (Å²) in [5.41, 5.74) is 5.66. The lowest BCUT2D eigenvalue weighted by Crippen LogP contribution is -2.20. The molecular formula is C11H14N2O4. The van der Waals surface area contributed by atoms with Crippen LogP contribution >= 0.6 is 0 Å². The van der Waals surface area contributed by atoms with E-state index in [0.717, 1.165) is 0 Å².